The molecule has 1 aliphatic rings. The van der Waals surface area contributed by atoms with Gasteiger partial charge in [-0.05, 0) is 25.7 Å². The quantitative estimate of drug-likeness (QED) is 0.601. The number of ether oxygens (including phenoxy) is 1. The average molecular weight is 177 g/mol. The van der Waals surface area contributed by atoms with Crippen LogP contribution >= 0.6 is 11.6 Å². The molecule has 1 fully saturated rings. The van der Waals surface area contributed by atoms with Gasteiger partial charge in [-0.2, -0.15) is 0 Å². The van der Waals surface area contributed by atoms with E-state index in [2.05, 4.69) is 0 Å². The van der Waals surface area contributed by atoms with Crippen molar-refractivity contribution in [2.75, 3.05) is 13.2 Å². The highest BCUT2D eigenvalue weighted by Crippen LogP contribution is 2.28. The molecule has 0 aromatic carbocycles. The highest BCUT2D eigenvalue weighted by atomic mass is 35.5. The highest BCUT2D eigenvalue weighted by Gasteiger charge is 2.22. The second kappa shape index (κ2) is 5.00. The zero-order valence-corrected chi connectivity index (χ0v) is 7.94. The van der Waals surface area contributed by atoms with Gasteiger partial charge in [-0.15, -0.1) is 11.6 Å². The van der Waals surface area contributed by atoms with Crippen molar-refractivity contribution in [3.05, 3.63) is 0 Å². The lowest BCUT2D eigenvalue weighted by molar-refractivity contribution is 0.0966. The summed E-state index contributed by atoms with van der Waals surface area (Å²) in [6.07, 6.45) is 5.07. The molecule has 66 valence electrons. The fraction of sp³-hybridized carbons (Fsp3) is 1.00. The lowest BCUT2D eigenvalue weighted by Gasteiger charge is -2.26. The summed E-state index contributed by atoms with van der Waals surface area (Å²) in [5.74, 6) is 0.616. The highest BCUT2D eigenvalue weighted by molar-refractivity contribution is 6.20. The van der Waals surface area contributed by atoms with Crippen molar-refractivity contribution in [2.24, 2.45) is 5.92 Å². The second-order valence-corrected chi connectivity index (χ2v) is 3.78. The number of alkyl halides is 1. The molecule has 1 saturated carbocycles. The van der Waals surface area contributed by atoms with Crippen molar-refractivity contribution in [1.29, 1.82) is 0 Å². The van der Waals surface area contributed by atoms with Crippen molar-refractivity contribution >= 4 is 11.6 Å². The van der Waals surface area contributed by atoms with E-state index in [0.717, 1.165) is 13.2 Å². The van der Waals surface area contributed by atoms with Crippen molar-refractivity contribution < 1.29 is 4.74 Å². The molecular weight excluding hydrogens is 160 g/mol. The van der Waals surface area contributed by atoms with Crippen LogP contribution in [0.1, 0.15) is 32.6 Å². The third kappa shape index (κ3) is 3.00. The first kappa shape index (κ1) is 9.34. The molecule has 0 unspecified atom stereocenters. The molecule has 0 spiro atoms. The van der Waals surface area contributed by atoms with Crippen LogP contribution in [0.4, 0.5) is 0 Å². The summed E-state index contributed by atoms with van der Waals surface area (Å²) in [5.41, 5.74) is 0. The summed E-state index contributed by atoms with van der Waals surface area (Å²) in [6, 6.07) is 0. The smallest absolute Gasteiger partial charge is 0.0508 e. The van der Waals surface area contributed by atoms with Crippen molar-refractivity contribution in [2.45, 2.75) is 38.0 Å². The Morgan fingerprint density at radius 3 is 2.73 bits per heavy atom. The normalized spacial score (nSPS) is 32.2. The molecular formula is C9H17ClO. The van der Waals surface area contributed by atoms with Gasteiger partial charge in [0, 0.05) is 12.0 Å². The maximum atomic E-state index is 6.14. The van der Waals surface area contributed by atoms with Crippen LogP contribution in [0.25, 0.3) is 0 Å². The van der Waals surface area contributed by atoms with Gasteiger partial charge in [-0.3, -0.25) is 0 Å². The van der Waals surface area contributed by atoms with Crippen LogP contribution in [0.5, 0.6) is 0 Å². The average Bonchev–Trinajstić information content (AvgIpc) is 2.03. The third-order valence-electron chi connectivity index (χ3n) is 2.35. The lowest BCUT2D eigenvalue weighted by Crippen LogP contribution is -2.24. The van der Waals surface area contributed by atoms with E-state index < -0.39 is 0 Å². The molecule has 1 aliphatic carbocycles. The topological polar surface area (TPSA) is 9.23 Å². The lowest BCUT2D eigenvalue weighted by atomic mass is 9.89. The number of hydrogen-bond acceptors (Lipinski definition) is 1. The van der Waals surface area contributed by atoms with Crippen LogP contribution in [-0.2, 0) is 4.74 Å². The van der Waals surface area contributed by atoms with Gasteiger partial charge in [0.1, 0.15) is 0 Å². The molecule has 0 amide bonds. The molecule has 2 heteroatoms. The van der Waals surface area contributed by atoms with Gasteiger partial charge in [0.15, 0.2) is 0 Å². The predicted octanol–water partition coefficient (Wildman–Crippen LogP) is 2.82. The van der Waals surface area contributed by atoms with Crippen LogP contribution < -0.4 is 0 Å². The van der Waals surface area contributed by atoms with E-state index in [-0.39, 0.29) is 0 Å². The van der Waals surface area contributed by atoms with E-state index in [0.29, 0.717) is 11.3 Å². The minimum atomic E-state index is 0.371. The summed E-state index contributed by atoms with van der Waals surface area (Å²) < 4.78 is 5.36. The molecule has 11 heavy (non-hydrogen) atoms. The SMILES string of the molecule is CCOC[C@@H]1CCCC[C@H]1Cl. The van der Waals surface area contributed by atoms with Gasteiger partial charge in [-0.25, -0.2) is 0 Å². The first-order valence-corrected chi connectivity index (χ1v) is 5.00. The Kier molecular flexibility index (Phi) is 4.24. The zero-order chi connectivity index (χ0) is 8.10. The molecule has 0 aliphatic heterocycles. The molecule has 0 N–H and O–H groups in total. The Balaban J connectivity index is 2.18. The van der Waals surface area contributed by atoms with E-state index in [1.807, 2.05) is 6.92 Å². The van der Waals surface area contributed by atoms with Gasteiger partial charge >= 0.3 is 0 Å². The molecule has 0 radical (unpaired) electrons. The minimum absolute atomic E-state index is 0.371. The van der Waals surface area contributed by atoms with Crippen molar-refractivity contribution in [3.8, 4) is 0 Å². The Hall–Kier alpha value is 0.250. The van der Waals surface area contributed by atoms with Crippen LogP contribution in [0.2, 0.25) is 0 Å². The minimum Gasteiger partial charge on any atom is -0.381 e. The summed E-state index contributed by atoms with van der Waals surface area (Å²) >= 11 is 6.14. The Bertz CT molecular complexity index is 106. The van der Waals surface area contributed by atoms with Gasteiger partial charge in [0.2, 0.25) is 0 Å². The van der Waals surface area contributed by atoms with Crippen molar-refractivity contribution in [3.63, 3.8) is 0 Å². The summed E-state index contributed by atoms with van der Waals surface area (Å²) in [5, 5.41) is 0.371. The fourth-order valence-corrected chi connectivity index (χ4v) is 1.97. The summed E-state index contributed by atoms with van der Waals surface area (Å²) in [7, 11) is 0. The van der Waals surface area contributed by atoms with Crippen LogP contribution in [0, 0.1) is 5.92 Å². The standard InChI is InChI=1S/C9H17ClO/c1-2-11-7-8-5-3-4-6-9(8)10/h8-9H,2-7H2,1H3/t8-,9+/m0/s1. The molecule has 0 aromatic rings. The molecule has 1 nitrogen and oxygen atoms in total. The van der Waals surface area contributed by atoms with E-state index in [9.17, 15) is 0 Å². The number of hydrogen-bond donors (Lipinski definition) is 0. The Morgan fingerprint density at radius 1 is 1.36 bits per heavy atom. The zero-order valence-electron chi connectivity index (χ0n) is 7.18. The van der Waals surface area contributed by atoms with Gasteiger partial charge in [0.05, 0.1) is 6.61 Å². The first-order valence-electron chi connectivity index (χ1n) is 4.56. The summed E-state index contributed by atoms with van der Waals surface area (Å²) in [4.78, 5) is 0. The third-order valence-corrected chi connectivity index (χ3v) is 2.93. The Labute approximate surface area is 74.1 Å². The van der Waals surface area contributed by atoms with Crippen LogP contribution in [0.15, 0.2) is 0 Å². The fourth-order valence-electron chi connectivity index (χ4n) is 1.62. The van der Waals surface area contributed by atoms with Gasteiger partial charge in [-0.1, -0.05) is 12.8 Å². The predicted molar refractivity (Wildman–Crippen MR) is 48.1 cm³/mol. The van der Waals surface area contributed by atoms with Crippen LogP contribution in [-0.4, -0.2) is 18.6 Å². The van der Waals surface area contributed by atoms with E-state index in [1.54, 1.807) is 0 Å². The molecule has 0 heterocycles. The van der Waals surface area contributed by atoms with Gasteiger partial charge in [0.25, 0.3) is 0 Å². The molecule has 0 saturated heterocycles. The molecule has 0 aromatic heterocycles. The van der Waals surface area contributed by atoms with Gasteiger partial charge < -0.3 is 4.74 Å². The van der Waals surface area contributed by atoms with E-state index >= 15 is 0 Å². The maximum absolute atomic E-state index is 6.14. The summed E-state index contributed by atoms with van der Waals surface area (Å²) in [6.45, 7) is 3.72. The van der Waals surface area contributed by atoms with E-state index in [1.165, 1.54) is 25.7 Å². The van der Waals surface area contributed by atoms with E-state index in [4.69, 9.17) is 16.3 Å². The van der Waals surface area contributed by atoms with Crippen LogP contribution in [0.3, 0.4) is 0 Å². The molecule has 1 rings (SSSR count). The molecule has 0 bridgehead atoms. The number of halogens is 1. The maximum Gasteiger partial charge on any atom is 0.0508 e. The largest absolute Gasteiger partial charge is 0.381 e. The molecule has 2 atom stereocenters. The monoisotopic (exact) mass is 176 g/mol. The van der Waals surface area contributed by atoms with Crippen molar-refractivity contribution in [1.82, 2.24) is 0 Å². The second-order valence-electron chi connectivity index (χ2n) is 3.22. The Morgan fingerprint density at radius 2 is 2.09 bits per heavy atom. The number of rotatable bonds is 3. The first-order chi connectivity index (χ1) is 5.34.